The fourth-order valence-corrected chi connectivity index (χ4v) is 1.44. The highest BCUT2D eigenvalue weighted by atomic mass is 32.2. The second kappa shape index (κ2) is 4.78. The van der Waals surface area contributed by atoms with Gasteiger partial charge in [-0.15, -0.1) is 4.33 Å². The molecule has 0 saturated heterocycles. The first-order valence-corrected chi connectivity index (χ1v) is 5.24. The van der Waals surface area contributed by atoms with E-state index in [0.29, 0.717) is 6.42 Å². The van der Waals surface area contributed by atoms with Crippen molar-refractivity contribution >= 4 is 21.5 Å². The van der Waals surface area contributed by atoms with Gasteiger partial charge in [0, 0.05) is 0 Å². The van der Waals surface area contributed by atoms with Crippen LogP contribution in [0.3, 0.4) is 0 Å². The summed E-state index contributed by atoms with van der Waals surface area (Å²) in [6, 6.07) is 0. The maximum absolute atomic E-state index is 10.5. The molecule has 0 aromatic heterocycles. The zero-order valence-corrected chi connectivity index (χ0v) is 7.31. The molecule has 6 nitrogen and oxygen atoms in total. The van der Waals surface area contributed by atoms with E-state index in [1.165, 1.54) is 0 Å². The largest absolute Gasteiger partial charge is 0.747 e. The van der Waals surface area contributed by atoms with Gasteiger partial charge >= 0.3 is 0 Å². The molecule has 0 aromatic rings. The number of hydrogen-bond acceptors (Lipinski definition) is 6. The lowest BCUT2D eigenvalue weighted by atomic mass is 10.6. The fraction of sp³-hybridized carbons (Fsp3) is 1.00. The van der Waals surface area contributed by atoms with Gasteiger partial charge in [-0.05, 0) is 6.42 Å². The third kappa shape index (κ3) is 6.38. The minimum Gasteiger partial charge on any atom is -0.747 e. The van der Waals surface area contributed by atoms with Crippen LogP contribution < -0.4 is 0 Å². The number of hydrogen-bond donors (Lipinski definition) is 0. The van der Waals surface area contributed by atoms with E-state index in [4.69, 9.17) is 0 Å². The predicted molar refractivity (Wildman–Crippen MR) is 35.2 cm³/mol. The highest BCUT2D eigenvalue weighted by Gasteiger charge is 2.10. The van der Waals surface area contributed by atoms with Gasteiger partial charge in [0.05, 0.1) is 5.75 Å². The lowest BCUT2D eigenvalue weighted by Gasteiger charge is -2.03. The highest BCUT2D eigenvalue weighted by molar-refractivity contribution is 7.86. The molecule has 0 rings (SSSR count). The standard InChI is InChI=1S/C3H8O6S2/c1-2-3-11(6,7)9-8-10(4)5/h2-3H2,1H3,(H,4,5)/p-1. The van der Waals surface area contributed by atoms with Gasteiger partial charge in [-0.2, -0.15) is 8.42 Å². The maximum atomic E-state index is 10.5. The molecule has 0 radical (unpaired) electrons. The molecular formula is C3H7O6S2-. The Morgan fingerprint density at radius 1 is 1.55 bits per heavy atom. The molecular weight excluding hydrogens is 196 g/mol. The van der Waals surface area contributed by atoms with E-state index in [1.807, 2.05) is 0 Å². The van der Waals surface area contributed by atoms with Crippen LogP contribution in [0.5, 0.6) is 0 Å². The van der Waals surface area contributed by atoms with Gasteiger partial charge in [-0.3, -0.25) is 0 Å². The lowest BCUT2D eigenvalue weighted by Crippen LogP contribution is -2.11. The summed E-state index contributed by atoms with van der Waals surface area (Å²) < 4.78 is 47.3. The van der Waals surface area contributed by atoms with Crippen LogP contribution in [0.2, 0.25) is 0 Å². The Morgan fingerprint density at radius 2 is 2.09 bits per heavy atom. The van der Waals surface area contributed by atoms with Gasteiger partial charge in [-0.1, -0.05) is 11.3 Å². The minimum absolute atomic E-state index is 0.274. The van der Waals surface area contributed by atoms with Gasteiger partial charge in [0.1, 0.15) is 11.4 Å². The van der Waals surface area contributed by atoms with Crippen molar-refractivity contribution in [3.8, 4) is 0 Å². The SMILES string of the molecule is CCCS(=O)(=O)OOS(=O)[O-]. The summed E-state index contributed by atoms with van der Waals surface area (Å²) in [5.41, 5.74) is 0. The highest BCUT2D eigenvalue weighted by Crippen LogP contribution is 1.97. The lowest BCUT2D eigenvalue weighted by molar-refractivity contribution is -0.0872. The Hall–Kier alpha value is -0.0200. The van der Waals surface area contributed by atoms with Crippen molar-refractivity contribution in [2.45, 2.75) is 13.3 Å². The molecule has 0 bridgehead atoms. The first-order chi connectivity index (χ1) is 4.98. The van der Waals surface area contributed by atoms with Crippen molar-refractivity contribution in [2.24, 2.45) is 0 Å². The molecule has 11 heavy (non-hydrogen) atoms. The predicted octanol–water partition coefficient (Wildman–Crippen LogP) is -0.531. The van der Waals surface area contributed by atoms with Gasteiger partial charge in [0.2, 0.25) is 0 Å². The van der Waals surface area contributed by atoms with Crippen LogP contribution in [0.1, 0.15) is 13.3 Å². The third-order valence-corrected chi connectivity index (χ3v) is 2.09. The molecule has 1 atom stereocenters. The van der Waals surface area contributed by atoms with Crippen molar-refractivity contribution < 1.29 is 25.8 Å². The summed E-state index contributed by atoms with van der Waals surface area (Å²) in [4.78, 5) is 0. The van der Waals surface area contributed by atoms with E-state index < -0.39 is 21.5 Å². The van der Waals surface area contributed by atoms with Crippen molar-refractivity contribution in [1.29, 1.82) is 0 Å². The molecule has 68 valence electrons. The molecule has 1 unspecified atom stereocenters. The molecule has 0 aliphatic heterocycles. The first kappa shape index (κ1) is 11.0. The summed E-state index contributed by atoms with van der Waals surface area (Å²) in [6.45, 7) is 1.61. The van der Waals surface area contributed by atoms with Crippen LogP contribution in [0, 0.1) is 0 Å². The van der Waals surface area contributed by atoms with Crippen LogP contribution in [0.4, 0.5) is 0 Å². The van der Waals surface area contributed by atoms with Crippen LogP contribution in [0.15, 0.2) is 0 Å². The minimum atomic E-state index is -3.84. The average molecular weight is 203 g/mol. The Kier molecular flexibility index (Phi) is 4.77. The second-order valence-corrected chi connectivity index (χ2v) is 3.81. The molecule has 8 heteroatoms. The van der Waals surface area contributed by atoms with E-state index >= 15 is 0 Å². The van der Waals surface area contributed by atoms with Crippen LogP contribution in [0.25, 0.3) is 0 Å². The van der Waals surface area contributed by atoms with Gasteiger partial charge < -0.3 is 4.55 Å². The van der Waals surface area contributed by atoms with Crippen LogP contribution in [-0.2, 0) is 30.1 Å². The first-order valence-electron chi connectivity index (χ1n) is 2.66. The smallest absolute Gasteiger partial charge is 0.294 e. The molecule has 0 spiro atoms. The average Bonchev–Trinajstić information content (AvgIpc) is 1.84. The van der Waals surface area contributed by atoms with Gasteiger partial charge in [0.25, 0.3) is 10.1 Å². The molecule has 0 heterocycles. The van der Waals surface area contributed by atoms with E-state index in [9.17, 15) is 17.2 Å². The summed E-state index contributed by atoms with van der Waals surface area (Å²) in [5, 5.41) is 0. The molecule has 0 aliphatic carbocycles. The quantitative estimate of drug-likeness (QED) is 0.338. The zero-order chi connectivity index (χ0) is 8.91. The van der Waals surface area contributed by atoms with Crippen LogP contribution in [-0.4, -0.2) is 22.9 Å². The Morgan fingerprint density at radius 3 is 2.45 bits per heavy atom. The third-order valence-electron chi connectivity index (χ3n) is 0.641. The number of rotatable bonds is 5. The summed E-state index contributed by atoms with van der Waals surface area (Å²) >= 11 is -2.97. The maximum Gasteiger partial charge on any atom is 0.294 e. The van der Waals surface area contributed by atoms with E-state index in [2.05, 4.69) is 8.67 Å². The molecule has 0 fully saturated rings. The fourth-order valence-electron chi connectivity index (χ4n) is 0.349. The zero-order valence-electron chi connectivity index (χ0n) is 5.68. The van der Waals surface area contributed by atoms with Crippen molar-refractivity contribution in [1.82, 2.24) is 0 Å². The normalized spacial score (nSPS) is 14.7. The topological polar surface area (TPSA) is 92.7 Å². The summed E-state index contributed by atoms with van der Waals surface area (Å²) in [6.07, 6.45) is 0.331. The molecule has 0 aromatic carbocycles. The van der Waals surface area contributed by atoms with Crippen LogP contribution >= 0.6 is 0 Å². The van der Waals surface area contributed by atoms with E-state index in [-0.39, 0.29) is 5.75 Å². The Balaban J connectivity index is 3.84. The van der Waals surface area contributed by atoms with Crippen molar-refractivity contribution in [2.75, 3.05) is 5.75 Å². The Labute approximate surface area is 67.0 Å². The molecule has 0 saturated carbocycles. The van der Waals surface area contributed by atoms with E-state index in [0.717, 1.165) is 0 Å². The monoisotopic (exact) mass is 203 g/mol. The molecule has 0 amide bonds. The summed E-state index contributed by atoms with van der Waals surface area (Å²) in [5.74, 6) is -0.274. The van der Waals surface area contributed by atoms with Crippen molar-refractivity contribution in [3.05, 3.63) is 0 Å². The van der Waals surface area contributed by atoms with Gasteiger partial charge in [0.15, 0.2) is 0 Å². The van der Waals surface area contributed by atoms with Crippen molar-refractivity contribution in [3.63, 3.8) is 0 Å². The Bertz CT molecular complexity index is 218. The van der Waals surface area contributed by atoms with Gasteiger partial charge in [-0.25, -0.2) is 4.21 Å². The molecule has 0 N–H and O–H groups in total. The second-order valence-electron chi connectivity index (χ2n) is 1.60. The summed E-state index contributed by atoms with van der Waals surface area (Å²) in [7, 11) is -3.84. The van der Waals surface area contributed by atoms with E-state index in [1.54, 1.807) is 6.92 Å². The molecule has 0 aliphatic rings.